The average molecular weight is 301 g/mol. The van der Waals surface area contributed by atoms with Gasteiger partial charge < -0.3 is 10.3 Å². The monoisotopic (exact) mass is 301 g/mol. The Bertz CT molecular complexity index is 755. The molecule has 3 rings (SSSR count). The molecular formula is C13H15N7S. The van der Waals surface area contributed by atoms with E-state index >= 15 is 0 Å². The number of fused-ring (bicyclic) bond motifs is 1. The van der Waals surface area contributed by atoms with Gasteiger partial charge >= 0.3 is 0 Å². The molecule has 0 radical (unpaired) electrons. The largest absolute Gasteiger partial charge is 0.354 e. The highest BCUT2D eigenvalue weighted by molar-refractivity contribution is 7.99. The van der Waals surface area contributed by atoms with E-state index in [0.717, 1.165) is 34.1 Å². The quantitative estimate of drug-likeness (QED) is 0.699. The lowest BCUT2D eigenvalue weighted by Crippen LogP contribution is -2.05. The maximum atomic E-state index is 4.54. The van der Waals surface area contributed by atoms with Crippen molar-refractivity contribution in [3.05, 3.63) is 24.4 Å². The molecule has 2 N–H and O–H groups in total. The Balaban J connectivity index is 1.91. The van der Waals surface area contributed by atoms with Crippen LogP contribution < -0.4 is 5.32 Å². The molecule has 8 heteroatoms. The van der Waals surface area contributed by atoms with E-state index in [9.17, 15) is 0 Å². The number of aromatic amines is 1. The second-order valence-corrected chi connectivity index (χ2v) is 5.47. The van der Waals surface area contributed by atoms with E-state index in [1.807, 2.05) is 13.1 Å². The summed E-state index contributed by atoms with van der Waals surface area (Å²) in [6.45, 7) is 4.94. The zero-order valence-electron chi connectivity index (χ0n) is 11.8. The van der Waals surface area contributed by atoms with Crippen LogP contribution in [0.15, 0.2) is 28.9 Å². The molecule has 0 unspecified atom stereocenters. The summed E-state index contributed by atoms with van der Waals surface area (Å²) < 4.78 is 0. The first-order valence-electron chi connectivity index (χ1n) is 6.67. The lowest BCUT2D eigenvalue weighted by atomic mass is 10.4. The number of rotatable bonds is 5. The van der Waals surface area contributed by atoms with Gasteiger partial charge in [0.15, 0.2) is 5.65 Å². The summed E-state index contributed by atoms with van der Waals surface area (Å²) in [6, 6.07) is 0. The van der Waals surface area contributed by atoms with Crippen LogP contribution in [0.3, 0.4) is 0 Å². The van der Waals surface area contributed by atoms with Crippen molar-refractivity contribution < 1.29 is 0 Å². The van der Waals surface area contributed by atoms with E-state index in [1.54, 1.807) is 6.33 Å². The van der Waals surface area contributed by atoms with Crippen molar-refractivity contribution in [3.63, 3.8) is 0 Å². The van der Waals surface area contributed by atoms with Crippen molar-refractivity contribution in [2.45, 2.75) is 30.3 Å². The predicted octanol–water partition coefficient (Wildman–Crippen LogP) is 2.42. The number of imidazole rings is 1. The summed E-state index contributed by atoms with van der Waals surface area (Å²) in [7, 11) is 0. The molecule has 0 saturated carbocycles. The second-order valence-electron chi connectivity index (χ2n) is 4.49. The number of nitrogens with one attached hydrogen (secondary N) is 2. The van der Waals surface area contributed by atoms with Crippen LogP contribution in [-0.4, -0.2) is 36.4 Å². The van der Waals surface area contributed by atoms with Crippen LogP contribution in [0.4, 0.5) is 5.95 Å². The lowest BCUT2D eigenvalue weighted by Gasteiger charge is -2.07. The van der Waals surface area contributed by atoms with Gasteiger partial charge in [0.25, 0.3) is 0 Å². The first-order chi connectivity index (χ1) is 10.3. The lowest BCUT2D eigenvalue weighted by molar-refractivity contribution is 0.924. The van der Waals surface area contributed by atoms with Gasteiger partial charge in [0.1, 0.15) is 21.9 Å². The van der Waals surface area contributed by atoms with E-state index in [-0.39, 0.29) is 0 Å². The van der Waals surface area contributed by atoms with Gasteiger partial charge in [-0.3, -0.25) is 0 Å². The fourth-order valence-electron chi connectivity index (χ4n) is 1.76. The second kappa shape index (κ2) is 6.04. The Kier molecular flexibility index (Phi) is 3.96. The van der Waals surface area contributed by atoms with Crippen LogP contribution in [0.2, 0.25) is 0 Å². The summed E-state index contributed by atoms with van der Waals surface area (Å²) >= 11 is 1.48. The maximum Gasteiger partial charge on any atom is 0.223 e. The third kappa shape index (κ3) is 2.94. The molecule has 0 fully saturated rings. The molecule has 3 aromatic heterocycles. The van der Waals surface area contributed by atoms with Crippen molar-refractivity contribution in [1.82, 2.24) is 29.9 Å². The van der Waals surface area contributed by atoms with Crippen molar-refractivity contribution in [1.29, 1.82) is 0 Å². The van der Waals surface area contributed by atoms with Gasteiger partial charge in [0, 0.05) is 18.3 Å². The zero-order valence-corrected chi connectivity index (χ0v) is 12.6. The van der Waals surface area contributed by atoms with E-state index in [0.29, 0.717) is 11.6 Å². The minimum absolute atomic E-state index is 0.639. The van der Waals surface area contributed by atoms with Crippen LogP contribution in [0.1, 0.15) is 18.9 Å². The zero-order chi connectivity index (χ0) is 14.7. The van der Waals surface area contributed by atoms with Crippen molar-refractivity contribution in [2.24, 2.45) is 0 Å². The number of hydrogen-bond acceptors (Lipinski definition) is 7. The van der Waals surface area contributed by atoms with Crippen molar-refractivity contribution in [3.8, 4) is 0 Å². The third-order valence-electron chi connectivity index (χ3n) is 2.84. The molecule has 3 aromatic rings. The number of aromatic nitrogens is 6. The first-order valence-corrected chi connectivity index (χ1v) is 7.49. The summed E-state index contributed by atoms with van der Waals surface area (Å²) in [6.07, 6.45) is 5.97. The maximum absolute atomic E-state index is 4.54. The van der Waals surface area contributed by atoms with E-state index < -0.39 is 0 Å². The molecular weight excluding hydrogens is 286 g/mol. The number of hydrogen-bond donors (Lipinski definition) is 2. The Morgan fingerprint density at radius 1 is 1.19 bits per heavy atom. The van der Waals surface area contributed by atoms with Gasteiger partial charge in [-0.05, 0) is 25.1 Å². The van der Waals surface area contributed by atoms with Crippen LogP contribution in [0.5, 0.6) is 0 Å². The summed E-state index contributed by atoms with van der Waals surface area (Å²) in [5.74, 6) is 0.639. The number of anilines is 1. The molecule has 0 amide bonds. The van der Waals surface area contributed by atoms with E-state index in [2.05, 4.69) is 42.1 Å². The smallest absolute Gasteiger partial charge is 0.223 e. The molecule has 0 aromatic carbocycles. The third-order valence-corrected chi connectivity index (χ3v) is 3.95. The predicted molar refractivity (Wildman–Crippen MR) is 81.4 cm³/mol. The Labute approximate surface area is 126 Å². The Morgan fingerprint density at radius 3 is 2.95 bits per heavy atom. The van der Waals surface area contributed by atoms with E-state index in [1.165, 1.54) is 18.1 Å². The van der Waals surface area contributed by atoms with Gasteiger partial charge in [-0.25, -0.2) is 24.9 Å². The Hall–Kier alpha value is -2.22. The highest BCUT2D eigenvalue weighted by atomic mass is 32.2. The fourth-order valence-corrected chi connectivity index (χ4v) is 2.64. The van der Waals surface area contributed by atoms with Crippen LogP contribution >= 0.6 is 11.8 Å². The highest BCUT2D eigenvalue weighted by Gasteiger charge is 2.11. The summed E-state index contributed by atoms with van der Waals surface area (Å²) in [5.41, 5.74) is 2.49. The minimum Gasteiger partial charge on any atom is -0.354 e. The number of H-pyrrole nitrogens is 1. The van der Waals surface area contributed by atoms with E-state index in [4.69, 9.17) is 0 Å². The van der Waals surface area contributed by atoms with Crippen LogP contribution in [0, 0.1) is 6.92 Å². The molecule has 0 bridgehead atoms. The van der Waals surface area contributed by atoms with Crippen molar-refractivity contribution >= 4 is 28.9 Å². The molecule has 108 valence electrons. The van der Waals surface area contributed by atoms with Gasteiger partial charge in [0.05, 0.1) is 6.33 Å². The van der Waals surface area contributed by atoms with Gasteiger partial charge in [-0.1, -0.05) is 6.92 Å². The molecule has 0 spiro atoms. The Morgan fingerprint density at radius 2 is 2.10 bits per heavy atom. The number of aryl methyl sites for hydroxylation is 1. The topological polar surface area (TPSA) is 92.3 Å². The molecule has 3 heterocycles. The molecule has 0 atom stereocenters. The summed E-state index contributed by atoms with van der Waals surface area (Å²) in [4.78, 5) is 24.4. The molecule has 0 aliphatic carbocycles. The van der Waals surface area contributed by atoms with Gasteiger partial charge in [-0.2, -0.15) is 0 Å². The molecule has 21 heavy (non-hydrogen) atoms. The SMILES string of the molecule is CCCNc1ncc(C)c(Sc2ncnc3nc[nH]c23)n1. The van der Waals surface area contributed by atoms with Crippen molar-refractivity contribution in [2.75, 3.05) is 11.9 Å². The molecule has 0 aliphatic heterocycles. The highest BCUT2D eigenvalue weighted by Crippen LogP contribution is 2.30. The minimum atomic E-state index is 0.639. The summed E-state index contributed by atoms with van der Waals surface area (Å²) in [5, 5.41) is 4.87. The molecule has 0 aliphatic rings. The average Bonchev–Trinajstić information content (AvgIpc) is 2.97. The normalized spacial score (nSPS) is 11.0. The first kappa shape index (κ1) is 13.7. The fraction of sp³-hybridized carbons (Fsp3) is 0.308. The molecule has 0 saturated heterocycles. The van der Waals surface area contributed by atoms with Crippen LogP contribution in [0.25, 0.3) is 11.2 Å². The van der Waals surface area contributed by atoms with Crippen LogP contribution in [-0.2, 0) is 0 Å². The number of nitrogens with zero attached hydrogens (tertiary/aromatic N) is 5. The molecule has 7 nitrogen and oxygen atoms in total. The van der Waals surface area contributed by atoms with Gasteiger partial charge in [0.2, 0.25) is 5.95 Å². The standard InChI is InChI=1S/C13H15N7S/c1-3-4-14-13-15-5-8(2)11(20-13)21-12-9-10(17-6-16-9)18-7-19-12/h5-7H,3-4H2,1-2H3,(H,14,15,20)(H,16,17,18,19). The van der Waals surface area contributed by atoms with Gasteiger partial charge in [-0.15, -0.1) is 0 Å².